The fraction of sp³-hybridized carbons (Fsp3) is 0.182. The monoisotopic (exact) mass is 287 g/mol. The van der Waals surface area contributed by atoms with Crippen LogP contribution in [0.3, 0.4) is 0 Å². The number of nitrogens with zero attached hydrogens (tertiary/aromatic N) is 1. The van der Waals surface area contributed by atoms with Gasteiger partial charge in [-0.1, -0.05) is 23.2 Å². The number of anilines is 2. The summed E-state index contributed by atoms with van der Waals surface area (Å²) in [6.07, 6.45) is 0. The smallest absolute Gasteiger partial charge is 0.151 e. The zero-order chi connectivity index (χ0) is 12.4. The fourth-order valence-electron chi connectivity index (χ4n) is 1.40. The van der Waals surface area contributed by atoms with Crippen molar-refractivity contribution in [1.82, 2.24) is 4.98 Å². The van der Waals surface area contributed by atoms with Crippen LogP contribution >= 0.6 is 34.5 Å². The van der Waals surface area contributed by atoms with E-state index in [2.05, 4.69) is 10.3 Å². The van der Waals surface area contributed by atoms with Crippen LogP contribution < -0.4 is 11.1 Å². The van der Waals surface area contributed by atoms with Gasteiger partial charge in [0.15, 0.2) is 5.82 Å². The normalized spacial score (nSPS) is 12.4. The summed E-state index contributed by atoms with van der Waals surface area (Å²) in [6, 6.07) is 7.32. The summed E-state index contributed by atoms with van der Waals surface area (Å²) in [5.41, 5.74) is 6.39. The van der Waals surface area contributed by atoms with Crippen LogP contribution in [0.2, 0.25) is 9.49 Å². The molecule has 0 saturated carbocycles. The summed E-state index contributed by atoms with van der Waals surface area (Å²) >= 11 is 13.2. The van der Waals surface area contributed by atoms with Gasteiger partial charge in [-0.05, 0) is 31.2 Å². The number of rotatable bonds is 3. The van der Waals surface area contributed by atoms with Gasteiger partial charge >= 0.3 is 0 Å². The number of aromatic nitrogens is 1. The van der Waals surface area contributed by atoms with Gasteiger partial charge in [-0.25, -0.2) is 4.98 Å². The number of hydrogen-bond donors (Lipinski definition) is 2. The van der Waals surface area contributed by atoms with Crippen LogP contribution in [0, 0.1) is 0 Å². The lowest BCUT2D eigenvalue weighted by atomic mass is 10.2. The third-order valence-corrected chi connectivity index (χ3v) is 3.89. The number of nitrogens with one attached hydrogen (secondary N) is 1. The summed E-state index contributed by atoms with van der Waals surface area (Å²) in [5.74, 6) is 0.592. The topological polar surface area (TPSA) is 50.9 Å². The molecule has 2 aromatic heterocycles. The van der Waals surface area contributed by atoms with Crippen LogP contribution in [0.15, 0.2) is 24.3 Å². The molecule has 2 aromatic rings. The third kappa shape index (κ3) is 3.03. The molecule has 0 amide bonds. The number of thiophene rings is 1. The lowest BCUT2D eigenvalue weighted by Gasteiger charge is -2.14. The summed E-state index contributed by atoms with van der Waals surface area (Å²) in [4.78, 5) is 5.27. The molecule has 0 aliphatic rings. The molecule has 90 valence electrons. The van der Waals surface area contributed by atoms with Crippen molar-refractivity contribution in [3.05, 3.63) is 38.6 Å². The Hall–Kier alpha value is -0.970. The Morgan fingerprint density at radius 2 is 2.06 bits per heavy atom. The quantitative estimate of drug-likeness (QED) is 0.832. The minimum Gasteiger partial charge on any atom is -0.396 e. The van der Waals surface area contributed by atoms with Crippen molar-refractivity contribution in [2.24, 2.45) is 0 Å². The molecule has 6 heteroatoms. The van der Waals surface area contributed by atoms with E-state index in [4.69, 9.17) is 28.9 Å². The zero-order valence-electron chi connectivity index (χ0n) is 9.08. The molecule has 0 radical (unpaired) electrons. The molecule has 1 unspecified atom stereocenters. The molecular weight excluding hydrogens is 277 g/mol. The van der Waals surface area contributed by atoms with E-state index < -0.39 is 0 Å². The highest BCUT2D eigenvalue weighted by atomic mass is 35.5. The number of pyridine rings is 1. The maximum absolute atomic E-state index is 5.89. The minimum atomic E-state index is 0.0840. The van der Waals surface area contributed by atoms with Gasteiger partial charge in [0.05, 0.1) is 16.1 Å². The standard InChI is InChI=1S/C11H11Cl2N3S/c1-6(8-3-5-10(13)17-8)15-11-7(14)2-4-9(12)16-11/h2-6H,14H2,1H3,(H,15,16). The number of hydrogen-bond acceptors (Lipinski definition) is 4. The summed E-state index contributed by atoms with van der Waals surface area (Å²) in [7, 11) is 0. The average Bonchev–Trinajstić information content (AvgIpc) is 2.70. The molecule has 0 aliphatic carbocycles. The first-order valence-corrected chi connectivity index (χ1v) is 6.57. The Bertz CT molecular complexity index is 527. The first-order chi connectivity index (χ1) is 8.06. The van der Waals surface area contributed by atoms with Crippen molar-refractivity contribution < 1.29 is 0 Å². The molecule has 0 aromatic carbocycles. The maximum Gasteiger partial charge on any atom is 0.151 e. The van der Waals surface area contributed by atoms with E-state index in [0.29, 0.717) is 16.7 Å². The van der Waals surface area contributed by atoms with Crippen molar-refractivity contribution in [1.29, 1.82) is 0 Å². The molecule has 0 bridgehead atoms. The van der Waals surface area contributed by atoms with E-state index in [9.17, 15) is 0 Å². The van der Waals surface area contributed by atoms with Crippen molar-refractivity contribution in [3.8, 4) is 0 Å². The highest BCUT2D eigenvalue weighted by Gasteiger charge is 2.10. The first kappa shape index (κ1) is 12.5. The van der Waals surface area contributed by atoms with E-state index in [-0.39, 0.29) is 6.04 Å². The average molecular weight is 288 g/mol. The fourth-order valence-corrected chi connectivity index (χ4v) is 2.61. The van der Waals surface area contributed by atoms with E-state index in [1.807, 2.05) is 19.1 Å². The van der Waals surface area contributed by atoms with Crippen molar-refractivity contribution >= 4 is 46.0 Å². The third-order valence-electron chi connectivity index (χ3n) is 2.27. The van der Waals surface area contributed by atoms with E-state index in [1.165, 1.54) is 11.3 Å². The van der Waals surface area contributed by atoms with Gasteiger partial charge in [0.25, 0.3) is 0 Å². The Morgan fingerprint density at radius 1 is 1.29 bits per heavy atom. The maximum atomic E-state index is 5.89. The van der Waals surface area contributed by atoms with Crippen LogP contribution in [0.1, 0.15) is 17.8 Å². The largest absolute Gasteiger partial charge is 0.396 e. The molecule has 0 fully saturated rings. The minimum absolute atomic E-state index is 0.0840. The summed E-state index contributed by atoms with van der Waals surface area (Å²) in [6.45, 7) is 2.02. The van der Waals surface area contributed by atoms with E-state index in [1.54, 1.807) is 12.1 Å². The van der Waals surface area contributed by atoms with Gasteiger partial charge in [-0.3, -0.25) is 0 Å². The number of halogens is 2. The second-order valence-corrected chi connectivity index (χ2v) is 5.71. The lowest BCUT2D eigenvalue weighted by molar-refractivity contribution is 0.898. The molecule has 3 nitrogen and oxygen atoms in total. The second kappa shape index (κ2) is 5.12. The molecular formula is C11H11Cl2N3S. The van der Waals surface area contributed by atoms with Gasteiger partial charge in [-0.2, -0.15) is 0 Å². The molecule has 2 heterocycles. The van der Waals surface area contributed by atoms with Crippen molar-refractivity contribution in [2.45, 2.75) is 13.0 Å². The van der Waals surface area contributed by atoms with Crippen LogP contribution in [0.4, 0.5) is 11.5 Å². The lowest BCUT2D eigenvalue weighted by Crippen LogP contribution is -2.08. The summed E-state index contributed by atoms with van der Waals surface area (Å²) in [5, 5.41) is 3.63. The predicted molar refractivity (Wildman–Crippen MR) is 75.0 cm³/mol. The molecule has 0 aliphatic heterocycles. The Morgan fingerprint density at radius 3 is 2.71 bits per heavy atom. The summed E-state index contributed by atoms with van der Waals surface area (Å²) < 4.78 is 0.765. The Labute approximate surface area is 114 Å². The molecule has 17 heavy (non-hydrogen) atoms. The van der Waals surface area contributed by atoms with Gasteiger partial charge < -0.3 is 11.1 Å². The van der Waals surface area contributed by atoms with Gasteiger partial charge in [0, 0.05) is 4.88 Å². The number of nitrogens with two attached hydrogens (primary N) is 1. The molecule has 1 atom stereocenters. The first-order valence-electron chi connectivity index (χ1n) is 5.00. The van der Waals surface area contributed by atoms with Crippen LogP contribution in [0.5, 0.6) is 0 Å². The van der Waals surface area contributed by atoms with Crippen LogP contribution in [-0.2, 0) is 0 Å². The molecule has 0 saturated heterocycles. The van der Waals surface area contributed by atoms with Gasteiger partial charge in [-0.15, -0.1) is 11.3 Å². The van der Waals surface area contributed by atoms with Gasteiger partial charge in [0.1, 0.15) is 5.15 Å². The second-order valence-electron chi connectivity index (χ2n) is 3.58. The zero-order valence-corrected chi connectivity index (χ0v) is 11.4. The molecule has 3 N–H and O–H groups in total. The SMILES string of the molecule is CC(Nc1nc(Cl)ccc1N)c1ccc(Cl)s1. The van der Waals surface area contributed by atoms with Crippen LogP contribution in [-0.4, -0.2) is 4.98 Å². The highest BCUT2D eigenvalue weighted by Crippen LogP contribution is 2.30. The number of nitrogen functional groups attached to an aromatic ring is 1. The van der Waals surface area contributed by atoms with Crippen LogP contribution in [0.25, 0.3) is 0 Å². The molecule has 0 spiro atoms. The van der Waals surface area contributed by atoms with E-state index >= 15 is 0 Å². The van der Waals surface area contributed by atoms with Gasteiger partial charge in [0.2, 0.25) is 0 Å². The van der Waals surface area contributed by atoms with E-state index in [0.717, 1.165) is 9.21 Å². The molecule has 2 rings (SSSR count). The Kier molecular flexibility index (Phi) is 3.76. The Balaban J connectivity index is 2.18. The van der Waals surface area contributed by atoms with Crippen molar-refractivity contribution in [3.63, 3.8) is 0 Å². The van der Waals surface area contributed by atoms with Crippen molar-refractivity contribution in [2.75, 3.05) is 11.1 Å². The highest BCUT2D eigenvalue weighted by molar-refractivity contribution is 7.16. The predicted octanol–water partition coefficient (Wildman–Crippen LogP) is 4.21.